The Balaban J connectivity index is 1.41. The van der Waals surface area contributed by atoms with Crippen LogP contribution in [0.15, 0.2) is 59.1 Å². The van der Waals surface area contributed by atoms with Gasteiger partial charge in [0.15, 0.2) is 5.76 Å². The summed E-state index contributed by atoms with van der Waals surface area (Å²) in [7, 11) is 0. The summed E-state index contributed by atoms with van der Waals surface area (Å²) < 4.78 is 8.07. The maximum atomic E-state index is 13.1. The Morgan fingerprint density at radius 2 is 1.85 bits per heavy atom. The molecule has 2 aromatic heterocycles. The lowest BCUT2D eigenvalue weighted by atomic mass is 10.00. The maximum Gasteiger partial charge on any atom is 0.289 e. The molecule has 0 unspecified atom stereocenters. The molecule has 1 aliphatic rings. The van der Waals surface area contributed by atoms with Gasteiger partial charge in [0.25, 0.3) is 5.91 Å². The molecule has 2 amide bonds. The van der Waals surface area contributed by atoms with E-state index >= 15 is 0 Å². The standard InChI is InChI=1S/C28H35N3O3/c1-4-14-30(27(32)17-21(2)3)19-24-10-7-15-29(24)20-25-11-12-26(34-25)28(33)31-16-13-22-8-5-6-9-23(22)18-31/h5-12,15,21H,4,13-14,16-20H2,1-3H3. The number of hydrogen-bond donors (Lipinski definition) is 0. The zero-order valence-corrected chi connectivity index (χ0v) is 20.5. The first-order chi connectivity index (χ1) is 16.4. The molecule has 0 atom stereocenters. The third-order valence-electron chi connectivity index (χ3n) is 6.32. The Morgan fingerprint density at radius 1 is 1.06 bits per heavy atom. The van der Waals surface area contributed by atoms with Gasteiger partial charge in [-0.15, -0.1) is 0 Å². The molecular weight excluding hydrogens is 426 g/mol. The normalized spacial score (nSPS) is 13.2. The molecule has 6 heteroatoms. The minimum atomic E-state index is -0.0677. The molecule has 0 spiro atoms. The fourth-order valence-corrected chi connectivity index (χ4v) is 4.55. The zero-order chi connectivity index (χ0) is 24.1. The summed E-state index contributed by atoms with van der Waals surface area (Å²) >= 11 is 0. The van der Waals surface area contributed by atoms with Crippen LogP contribution >= 0.6 is 0 Å². The Kier molecular flexibility index (Phi) is 7.56. The molecule has 180 valence electrons. The summed E-state index contributed by atoms with van der Waals surface area (Å²) in [4.78, 5) is 29.6. The third kappa shape index (κ3) is 5.61. The number of hydrogen-bond acceptors (Lipinski definition) is 3. The number of fused-ring (bicyclic) bond motifs is 1. The van der Waals surface area contributed by atoms with Crippen LogP contribution in [0.3, 0.4) is 0 Å². The fourth-order valence-electron chi connectivity index (χ4n) is 4.55. The van der Waals surface area contributed by atoms with Crippen LogP contribution < -0.4 is 0 Å². The van der Waals surface area contributed by atoms with E-state index < -0.39 is 0 Å². The van der Waals surface area contributed by atoms with Gasteiger partial charge in [-0.3, -0.25) is 9.59 Å². The predicted octanol–water partition coefficient (Wildman–Crippen LogP) is 5.11. The summed E-state index contributed by atoms with van der Waals surface area (Å²) in [6.07, 6.45) is 4.35. The second-order valence-electron chi connectivity index (χ2n) is 9.55. The van der Waals surface area contributed by atoms with Crippen LogP contribution in [0.25, 0.3) is 0 Å². The van der Waals surface area contributed by atoms with Crippen molar-refractivity contribution in [1.29, 1.82) is 0 Å². The van der Waals surface area contributed by atoms with Gasteiger partial charge in [-0.25, -0.2) is 0 Å². The van der Waals surface area contributed by atoms with Gasteiger partial charge in [-0.05, 0) is 54.2 Å². The fraction of sp³-hybridized carbons (Fsp3) is 0.429. The van der Waals surface area contributed by atoms with Crippen molar-refractivity contribution in [3.8, 4) is 0 Å². The molecule has 0 fully saturated rings. The molecule has 3 heterocycles. The van der Waals surface area contributed by atoms with Crippen LogP contribution in [-0.2, 0) is 30.8 Å². The number of carbonyl (C=O) groups excluding carboxylic acids is 2. The van der Waals surface area contributed by atoms with Crippen molar-refractivity contribution in [2.24, 2.45) is 5.92 Å². The van der Waals surface area contributed by atoms with Gasteiger partial charge in [0, 0.05) is 37.9 Å². The Morgan fingerprint density at radius 3 is 2.62 bits per heavy atom. The average molecular weight is 462 g/mol. The summed E-state index contributed by atoms with van der Waals surface area (Å²) in [5.41, 5.74) is 3.58. The van der Waals surface area contributed by atoms with Crippen LogP contribution in [0.4, 0.5) is 0 Å². The number of carbonyl (C=O) groups is 2. The summed E-state index contributed by atoms with van der Waals surface area (Å²) in [5, 5.41) is 0. The Hall–Kier alpha value is -3.28. The predicted molar refractivity (Wildman–Crippen MR) is 132 cm³/mol. The Bertz CT molecular complexity index is 1130. The second-order valence-corrected chi connectivity index (χ2v) is 9.55. The number of nitrogens with zero attached hydrogens (tertiary/aromatic N) is 3. The zero-order valence-electron chi connectivity index (χ0n) is 20.5. The molecule has 1 aromatic carbocycles. The van der Waals surface area contributed by atoms with Gasteiger partial charge in [0.2, 0.25) is 5.91 Å². The summed E-state index contributed by atoms with van der Waals surface area (Å²) in [5.74, 6) is 1.57. The highest BCUT2D eigenvalue weighted by atomic mass is 16.4. The van der Waals surface area contributed by atoms with E-state index in [4.69, 9.17) is 4.42 Å². The summed E-state index contributed by atoms with van der Waals surface area (Å²) in [6, 6.07) is 16.0. The molecule has 1 aliphatic heterocycles. The number of aromatic nitrogens is 1. The molecule has 0 saturated heterocycles. The molecule has 0 saturated carbocycles. The topological polar surface area (TPSA) is 58.7 Å². The van der Waals surface area contributed by atoms with E-state index in [1.54, 1.807) is 6.07 Å². The molecule has 0 N–H and O–H groups in total. The SMILES string of the molecule is CCCN(Cc1cccn1Cc1ccc(C(=O)N2CCc3ccccc3C2)o1)C(=O)CC(C)C. The molecule has 0 bridgehead atoms. The van der Waals surface area contributed by atoms with E-state index in [2.05, 4.69) is 37.5 Å². The van der Waals surface area contributed by atoms with E-state index in [1.165, 1.54) is 11.1 Å². The van der Waals surface area contributed by atoms with Crippen molar-refractivity contribution < 1.29 is 14.0 Å². The minimum Gasteiger partial charge on any atom is -0.454 e. The molecule has 34 heavy (non-hydrogen) atoms. The third-order valence-corrected chi connectivity index (χ3v) is 6.32. The van der Waals surface area contributed by atoms with Gasteiger partial charge in [-0.1, -0.05) is 45.0 Å². The monoisotopic (exact) mass is 461 g/mol. The number of amides is 2. The first kappa shape index (κ1) is 23.9. The lowest BCUT2D eigenvalue weighted by molar-refractivity contribution is -0.132. The minimum absolute atomic E-state index is 0.0677. The molecule has 3 aromatic rings. The lowest BCUT2D eigenvalue weighted by Gasteiger charge is -2.28. The number of rotatable bonds is 9. The van der Waals surface area contributed by atoms with E-state index in [1.807, 2.05) is 46.3 Å². The highest BCUT2D eigenvalue weighted by Gasteiger charge is 2.24. The van der Waals surface area contributed by atoms with Crippen molar-refractivity contribution in [2.45, 2.75) is 59.7 Å². The van der Waals surface area contributed by atoms with Gasteiger partial charge < -0.3 is 18.8 Å². The van der Waals surface area contributed by atoms with Crippen molar-refractivity contribution >= 4 is 11.8 Å². The quantitative estimate of drug-likeness (QED) is 0.445. The molecule has 4 rings (SSSR count). The van der Waals surface area contributed by atoms with Crippen LogP contribution in [0.1, 0.15) is 66.7 Å². The van der Waals surface area contributed by atoms with Gasteiger partial charge in [0.1, 0.15) is 5.76 Å². The van der Waals surface area contributed by atoms with Crippen LogP contribution in [0.2, 0.25) is 0 Å². The largest absolute Gasteiger partial charge is 0.454 e. The Labute approximate surface area is 202 Å². The van der Waals surface area contributed by atoms with Gasteiger partial charge in [-0.2, -0.15) is 0 Å². The first-order valence-corrected chi connectivity index (χ1v) is 12.3. The van der Waals surface area contributed by atoms with Crippen LogP contribution in [-0.4, -0.2) is 39.3 Å². The molecular formula is C28H35N3O3. The van der Waals surface area contributed by atoms with Crippen molar-refractivity contribution in [1.82, 2.24) is 14.4 Å². The smallest absolute Gasteiger partial charge is 0.289 e. The van der Waals surface area contributed by atoms with Crippen molar-refractivity contribution in [2.75, 3.05) is 13.1 Å². The van der Waals surface area contributed by atoms with Crippen molar-refractivity contribution in [3.63, 3.8) is 0 Å². The second kappa shape index (κ2) is 10.8. The highest BCUT2D eigenvalue weighted by molar-refractivity contribution is 5.91. The molecule has 0 radical (unpaired) electrons. The van der Waals surface area contributed by atoms with Crippen LogP contribution in [0, 0.1) is 5.92 Å². The van der Waals surface area contributed by atoms with Gasteiger partial charge in [0.05, 0.1) is 13.1 Å². The van der Waals surface area contributed by atoms with Gasteiger partial charge >= 0.3 is 0 Å². The van der Waals surface area contributed by atoms with Crippen LogP contribution in [0.5, 0.6) is 0 Å². The number of furan rings is 1. The van der Waals surface area contributed by atoms with E-state index in [0.717, 1.165) is 30.8 Å². The average Bonchev–Trinajstić information content (AvgIpc) is 3.47. The van der Waals surface area contributed by atoms with E-state index in [-0.39, 0.29) is 11.8 Å². The first-order valence-electron chi connectivity index (χ1n) is 12.3. The summed E-state index contributed by atoms with van der Waals surface area (Å²) in [6.45, 7) is 9.40. The molecule has 0 aliphatic carbocycles. The van der Waals surface area contributed by atoms with E-state index in [0.29, 0.717) is 44.3 Å². The highest BCUT2D eigenvalue weighted by Crippen LogP contribution is 2.22. The maximum absolute atomic E-state index is 13.1. The van der Waals surface area contributed by atoms with Crippen molar-refractivity contribution in [3.05, 3.63) is 83.1 Å². The molecule has 6 nitrogen and oxygen atoms in total. The lowest BCUT2D eigenvalue weighted by Crippen LogP contribution is -2.35. The van der Waals surface area contributed by atoms with E-state index in [9.17, 15) is 9.59 Å². The number of benzene rings is 1.